The molecule has 0 bridgehead atoms. The van der Waals surface area contributed by atoms with Crippen LogP contribution in [-0.2, 0) is 4.79 Å². The molecule has 0 aliphatic rings. The zero-order chi connectivity index (χ0) is 19.8. The van der Waals surface area contributed by atoms with Gasteiger partial charge in [0.05, 0.1) is 0 Å². The van der Waals surface area contributed by atoms with Crippen LogP contribution >= 0.6 is 0 Å². The maximum atomic E-state index is 12.4. The molecule has 0 aromatic heterocycles. The molecule has 3 nitrogen and oxygen atoms in total. The van der Waals surface area contributed by atoms with Gasteiger partial charge in [0.1, 0.15) is 5.78 Å². The van der Waals surface area contributed by atoms with Crippen LogP contribution in [0, 0.1) is 11.3 Å². The molecule has 3 heteroatoms. The Balaban J connectivity index is 4.70. The number of ketones is 1. The quantitative estimate of drug-likeness (QED) is 0.507. The summed E-state index contributed by atoms with van der Waals surface area (Å²) in [6, 6.07) is 0.610. The number of rotatable bonds is 11. The van der Waals surface area contributed by atoms with Gasteiger partial charge in [-0.05, 0) is 59.7 Å². The average molecular weight is 355 g/mol. The van der Waals surface area contributed by atoms with Gasteiger partial charge in [0.2, 0.25) is 0 Å². The zero-order valence-electron chi connectivity index (χ0n) is 18.9. The van der Waals surface area contributed by atoms with Crippen LogP contribution in [0.3, 0.4) is 0 Å². The summed E-state index contributed by atoms with van der Waals surface area (Å²) in [5, 5.41) is 0. The summed E-state index contributed by atoms with van der Waals surface area (Å²) in [6.45, 7) is 26.2. The Labute approximate surface area is 158 Å². The van der Waals surface area contributed by atoms with Crippen LogP contribution in [0.15, 0.2) is 0 Å². The number of carbonyl (C=O) groups excluding carboxylic acids is 1. The summed E-state index contributed by atoms with van der Waals surface area (Å²) < 4.78 is 0. The Bertz CT molecular complexity index is 378. The van der Waals surface area contributed by atoms with Gasteiger partial charge in [-0.15, -0.1) is 0 Å². The fraction of sp³-hybridized carbons (Fsp3) is 0.955. The van der Waals surface area contributed by atoms with Gasteiger partial charge in [-0.1, -0.05) is 48.5 Å². The lowest BCUT2D eigenvalue weighted by molar-refractivity contribution is -0.130. The van der Waals surface area contributed by atoms with Crippen LogP contribution < -0.4 is 0 Å². The molecule has 25 heavy (non-hydrogen) atoms. The van der Waals surface area contributed by atoms with Crippen LogP contribution in [0.5, 0.6) is 0 Å². The largest absolute Gasteiger partial charge is 0.301 e. The first-order valence-electron chi connectivity index (χ1n) is 10.4. The van der Waals surface area contributed by atoms with Crippen molar-refractivity contribution < 1.29 is 4.79 Å². The lowest BCUT2D eigenvalue weighted by Gasteiger charge is -2.38. The molecule has 0 radical (unpaired) electrons. The molecule has 0 heterocycles. The minimum atomic E-state index is -0.227. The van der Waals surface area contributed by atoms with E-state index in [2.05, 4.69) is 58.3 Å². The topological polar surface area (TPSA) is 23.6 Å². The molecular weight excluding hydrogens is 308 g/mol. The average Bonchev–Trinajstić information content (AvgIpc) is 2.50. The first-order valence-corrected chi connectivity index (χ1v) is 10.4. The van der Waals surface area contributed by atoms with Crippen molar-refractivity contribution in [3.63, 3.8) is 0 Å². The first-order chi connectivity index (χ1) is 11.4. The molecule has 0 N–H and O–H groups in total. The van der Waals surface area contributed by atoms with Crippen molar-refractivity contribution in [1.82, 2.24) is 9.80 Å². The van der Waals surface area contributed by atoms with Crippen molar-refractivity contribution in [2.45, 2.75) is 100 Å². The van der Waals surface area contributed by atoms with Gasteiger partial charge >= 0.3 is 0 Å². The van der Waals surface area contributed by atoms with E-state index >= 15 is 0 Å². The summed E-state index contributed by atoms with van der Waals surface area (Å²) in [7, 11) is 0. The molecule has 0 saturated heterocycles. The van der Waals surface area contributed by atoms with E-state index in [9.17, 15) is 4.79 Å². The van der Waals surface area contributed by atoms with Gasteiger partial charge in [0, 0.05) is 29.5 Å². The maximum absolute atomic E-state index is 12.4. The lowest BCUT2D eigenvalue weighted by atomic mass is 9.82. The predicted octanol–water partition coefficient (Wildman–Crippen LogP) is 5.24. The second-order valence-corrected chi connectivity index (χ2v) is 9.53. The fourth-order valence-electron chi connectivity index (χ4n) is 3.75. The van der Waals surface area contributed by atoms with E-state index in [4.69, 9.17) is 0 Å². The van der Waals surface area contributed by atoms with Crippen LogP contribution in [0.1, 0.15) is 88.5 Å². The van der Waals surface area contributed by atoms with E-state index < -0.39 is 0 Å². The predicted molar refractivity (Wildman–Crippen MR) is 111 cm³/mol. The van der Waals surface area contributed by atoms with Crippen LogP contribution in [-0.4, -0.2) is 53.3 Å². The molecule has 0 fully saturated rings. The molecular formula is C22H46N2O. The minimum absolute atomic E-state index is 0.147. The van der Waals surface area contributed by atoms with Gasteiger partial charge in [0.25, 0.3) is 0 Å². The summed E-state index contributed by atoms with van der Waals surface area (Å²) in [6.07, 6.45) is 3.35. The van der Waals surface area contributed by atoms with Crippen molar-refractivity contribution in [2.24, 2.45) is 11.3 Å². The molecule has 0 aromatic rings. The van der Waals surface area contributed by atoms with Crippen molar-refractivity contribution in [1.29, 1.82) is 0 Å². The third-order valence-corrected chi connectivity index (χ3v) is 5.49. The van der Waals surface area contributed by atoms with Gasteiger partial charge in [-0.25, -0.2) is 0 Å². The van der Waals surface area contributed by atoms with Crippen LogP contribution in [0.2, 0.25) is 0 Å². The highest BCUT2D eigenvalue weighted by Gasteiger charge is 2.27. The SMILES string of the molecule is CCC(CCN(CC)C(C)(C)C)N(CC)CCC(C)C(=O)C(C)(C)C. The zero-order valence-corrected chi connectivity index (χ0v) is 18.9. The first kappa shape index (κ1) is 24.6. The number of carbonyl (C=O) groups is 1. The smallest absolute Gasteiger partial charge is 0.141 e. The third-order valence-electron chi connectivity index (χ3n) is 5.49. The number of nitrogens with zero attached hydrogens (tertiary/aromatic N) is 2. The molecule has 0 aliphatic carbocycles. The second kappa shape index (κ2) is 10.7. The van der Waals surface area contributed by atoms with Crippen molar-refractivity contribution in [3.8, 4) is 0 Å². The Kier molecular flexibility index (Phi) is 10.5. The Morgan fingerprint density at radius 3 is 1.80 bits per heavy atom. The highest BCUT2D eigenvalue weighted by molar-refractivity contribution is 5.85. The molecule has 0 amide bonds. The normalized spacial score (nSPS) is 15.7. The van der Waals surface area contributed by atoms with E-state index in [1.165, 1.54) is 12.8 Å². The fourth-order valence-corrected chi connectivity index (χ4v) is 3.75. The molecule has 2 unspecified atom stereocenters. The molecule has 0 aliphatic heterocycles. The number of Topliss-reactive ketones (excluding diaryl/α,β-unsaturated/α-hetero) is 1. The maximum Gasteiger partial charge on any atom is 0.141 e. The molecule has 0 spiro atoms. The summed E-state index contributed by atoms with van der Waals surface area (Å²) >= 11 is 0. The minimum Gasteiger partial charge on any atom is -0.301 e. The van der Waals surface area contributed by atoms with E-state index in [0.717, 1.165) is 32.6 Å². The summed E-state index contributed by atoms with van der Waals surface area (Å²) in [5.41, 5.74) is 0.00663. The summed E-state index contributed by atoms with van der Waals surface area (Å²) in [5.74, 6) is 0.537. The van der Waals surface area contributed by atoms with Gasteiger partial charge in [-0.2, -0.15) is 0 Å². The van der Waals surface area contributed by atoms with E-state index in [1.807, 2.05) is 20.8 Å². The molecule has 150 valence electrons. The van der Waals surface area contributed by atoms with E-state index in [-0.39, 0.29) is 16.9 Å². The number of hydrogen-bond acceptors (Lipinski definition) is 3. The second-order valence-electron chi connectivity index (χ2n) is 9.53. The van der Waals surface area contributed by atoms with Crippen LogP contribution in [0.25, 0.3) is 0 Å². The Morgan fingerprint density at radius 2 is 1.44 bits per heavy atom. The van der Waals surface area contributed by atoms with Gasteiger partial charge < -0.3 is 4.90 Å². The van der Waals surface area contributed by atoms with Crippen molar-refractivity contribution in [3.05, 3.63) is 0 Å². The standard InChI is InChI=1S/C22H46N2O/c1-11-19(15-17-24(13-3)22(8,9)10)23(12-2)16-14-18(4)20(25)21(5,6)7/h18-19H,11-17H2,1-10H3. The van der Waals surface area contributed by atoms with Gasteiger partial charge in [0.15, 0.2) is 0 Å². The summed E-state index contributed by atoms with van der Waals surface area (Å²) in [4.78, 5) is 17.6. The van der Waals surface area contributed by atoms with Crippen LogP contribution in [0.4, 0.5) is 0 Å². The number of hydrogen-bond donors (Lipinski definition) is 0. The highest BCUT2D eigenvalue weighted by atomic mass is 16.1. The third kappa shape index (κ3) is 8.68. The molecule has 0 aromatic carbocycles. The lowest BCUT2D eigenvalue weighted by Crippen LogP contribution is -2.45. The highest BCUT2D eigenvalue weighted by Crippen LogP contribution is 2.23. The molecule has 0 saturated carbocycles. The molecule has 2 atom stereocenters. The Hall–Kier alpha value is -0.410. The van der Waals surface area contributed by atoms with E-state index in [1.54, 1.807) is 0 Å². The monoisotopic (exact) mass is 354 g/mol. The van der Waals surface area contributed by atoms with Crippen molar-refractivity contribution >= 4 is 5.78 Å². The molecule has 0 rings (SSSR count). The van der Waals surface area contributed by atoms with Crippen molar-refractivity contribution in [2.75, 3.05) is 26.2 Å². The Morgan fingerprint density at radius 1 is 0.880 bits per heavy atom. The van der Waals surface area contributed by atoms with E-state index in [0.29, 0.717) is 11.8 Å². The van der Waals surface area contributed by atoms with Gasteiger partial charge in [-0.3, -0.25) is 9.69 Å².